The van der Waals surface area contributed by atoms with E-state index in [2.05, 4.69) is 49.9 Å². The standard InChI is InChI=1S/C19H30N2O5S/c1-19(2,3)16-7-5-15(6-8-16)11-20-9-10-26-17(12-20)13-21(14-18(22)23)27(4,24)25/h5-8,17H,9-14H2,1-4H3,(H,22,23)/t17-/m0/s1. The summed E-state index contributed by atoms with van der Waals surface area (Å²) in [5.74, 6) is -1.17. The number of aliphatic carboxylic acids is 1. The van der Waals surface area contributed by atoms with Crippen molar-refractivity contribution in [1.82, 2.24) is 9.21 Å². The number of hydrogen-bond donors (Lipinski definition) is 1. The third-order valence-electron chi connectivity index (χ3n) is 4.64. The number of rotatable bonds is 7. The molecule has 0 aliphatic carbocycles. The van der Waals surface area contributed by atoms with E-state index >= 15 is 0 Å². The third kappa shape index (κ3) is 6.88. The van der Waals surface area contributed by atoms with Gasteiger partial charge in [-0.2, -0.15) is 4.31 Å². The van der Waals surface area contributed by atoms with Gasteiger partial charge in [-0.05, 0) is 16.5 Å². The number of benzene rings is 1. The maximum absolute atomic E-state index is 11.8. The van der Waals surface area contributed by atoms with Gasteiger partial charge in [-0.1, -0.05) is 45.0 Å². The second-order valence-corrected chi connectivity index (χ2v) is 10.1. The highest BCUT2D eigenvalue weighted by Crippen LogP contribution is 2.23. The minimum absolute atomic E-state index is 0.0462. The Hall–Kier alpha value is -1.48. The van der Waals surface area contributed by atoms with Crippen LogP contribution in [-0.4, -0.2) is 73.8 Å². The lowest BCUT2D eigenvalue weighted by molar-refractivity contribution is -0.137. The molecule has 1 N–H and O–H groups in total. The summed E-state index contributed by atoms with van der Waals surface area (Å²) in [4.78, 5) is 13.2. The number of morpholine rings is 1. The zero-order chi connectivity index (χ0) is 20.2. The van der Waals surface area contributed by atoms with Crippen molar-refractivity contribution in [2.45, 2.75) is 38.8 Å². The van der Waals surface area contributed by atoms with E-state index in [0.29, 0.717) is 13.2 Å². The molecule has 0 unspecified atom stereocenters. The van der Waals surface area contributed by atoms with Gasteiger partial charge in [0.2, 0.25) is 10.0 Å². The van der Waals surface area contributed by atoms with Crippen molar-refractivity contribution in [3.63, 3.8) is 0 Å². The molecule has 0 saturated carbocycles. The molecule has 0 amide bonds. The van der Waals surface area contributed by atoms with E-state index in [9.17, 15) is 13.2 Å². The normalized spacial score (nSPS) is 19.4. The maximum Gasteiger partial charge on any atom is 0.318 e. The summed E-state index contributed by atoms with van der Waals surface area (Å²) in [6.45, 7) is 8.61. The van der Waals surface area contributed by atoms with E-state index in [4.69, 9.17) is 9.84 Å². The second kappa shape index (κ2) is 8.68. The monoisotopic (exact) mass is 398 g/mol. The van der Waals surface area contributed by atoms with Crippen molar-refractivity contribution in [2.24, 2.45) is 0 Å². The van der Waals surface area contributed by atoms with Gasteiger partial charge in [0.25, 0.3) is 0 Å². The van der Waals surface area contributed by atoms with Crippen molar-refractivity contribution in [3.8, 4) is 0 Å². The maximum atomic E-state index is 11.8. The summed E-state index contributed by atoms with van der Waals surface area (Å²) in [6, 6.07) is 8.54. The highest BCUT2D eigenvalue weighted by molar-refractivity contribution is 7.88. The van der Waals surface area contributed by atoms with Gasteiger partial charge in [-0.3, -0.25) is 9.69 Å². The minimum atomic E-state index is -3.60. The van der Waals surface area contributed by atoms with Crippen molar-refractivity contribution in [1.29, 1.82) is 0 Å². The Balaban J connectivity index is 1.98. The Bertz CT molecular complexity index is 740. The first-order valence-electron chi connectivity index (χ1n) is 9.05. The van der Waals surface area contributed by atoms with Crippen LogP contribution in [0.2, 0.25) is 0 Å². The third-order valence-corrected chi connectivity index (χ3v) is 5.85. The van der Waals surface area contributed by atoms with Crippen LogP contribution >= 0.6 is 0 Å². The van der Waals surface area contributed by atoms with Crippen LogP contribution < -0.4 is 0 Å². The first-order valence-corrected chi connectivity index (χ1v) is 10.9. The van der Waals surface area contributed by atoms with Crippen molar-refractivity contribution >= 4 is 16.0 Å². The summed E-state index contributed by atoms with van der Waals surface area (Å²) < 4.78 is 30.3. The summed E-state index contributed by atoms with van der Waals surface area (Å²) in [5.41, 5.74) is 2.58. The first kappa shape index (κ1) is 21.8. The fourth-order valence-electron chi connectivity index (χ4n) is 3.10. The van der Waals surface area contributed by atoms with E-state index in [1.54, 1.807) is 0 Å². The average molecular weight is 399 g/mol. The number of nitrogens with zero attached hydrogens (tertiary/aromatic N) is 2. The number of ether oxygens (including phenoxy) is 1. The number of hydrogen-bond acceptors (Lipinski definition) is 5. The van der Waals surface area contributed by atoms with E-state index in [1.807, 2.05) is 0 Å². The van der Waals surface area contributed by atoms with Crippen LogP contribution in [0.5, 0.6) is 0 Å². The fraction of sp³-hybridized carbons (Fsp3) is 0.632. The molecule has 1 fully saturated rings. The lowest BCUT2D eigenvalue weighted by atomic mass is 9.87. The Kier molecular flexibility index (Phi) is 7.02. The molecule has 0 bridgehead atoms. The van der Waals surface area contributed by atoms with Crippen molar-refractivity contribution in [3.05, 3.63) is 35.4 Å². The lowest BCUT2D eigenvalue weighted by Crippen LogP contribution is -2.49. The Morgan fingerprint density at radius 1 is 1.30 bits per heavy atom. The highest BCUT2D eigenvalue weighted by atomic mass is 32.2. The van der Waals surface area contributed by atoms with Gasteiger partial charge in [0.1, 0.15) is 6.54 Å². The predicted octanol–water partition coefficient (Wildman–Crippen LogP) is 1.53. The number of carboxylic acid groups (broad SMARTS) is 1. The zero-order valence-corrected chi connectivity index (χ0v) is 17.3. The number of sulfonamides is 1. The molecule has 27 heavy (non-hydrogen) atoms. The summed E-state index contributed by atoms with van der Waals surface area (Å²) in [5, 5.41) is 8.95. The Morgan fingerprint density at radius 3 is 2.44 bits per heavy atom. The van der Waals surface area contributed by atoms with Crippen LogP contribution in [0.25, 0.3) is 0 Å². The predicted molar refractivity (Wildman–Crippen MR) is 104 cm³/mol. The zero-order valence-electron chi connectivity index (χ0n) is 16.5. The molecule has 1 aliphatic rings. The van der Waals surface area contributed by atoms with Crippen LogP contribution in [0.1, 0.15) is 31.9 Å². The van der Waals surface area contributed by atoms with Gasteiger partial charge in [0.15, 0.2) is 0 Å². The lowest BCUT2D eigenvalue weighted by Gasteiger charge is -2.35. The average Bonchev–Trinajstić information content (AvgIpc) is 2.53. The molecular formula is C19H30N2O5S. The van der Waals surface area contributed by atoms with Gasteiger partial charge in [0.05, 0.1) is 19.0 Å². The van der Waals surface area contributed by atoms with Crippen LogP contribution in [0.15, 0.2) is 24.3 Å². The van der Waals surface area contributed by atoms with E-state index in [1.165, 1.54) is 11.1 Å². The van der Waals surface area contributed by atoms with Gasteiger partial charge in [-0.25, -0.2) is 8.42 Å². The molecule has 7 nitrogen and oxygen atoms in total. The summed E-state index contributed by atoms with van der Waals surface area (Å²) in [7, 11) is -3.60. The molecule has 1 atom stereocenters. The molecule has 152 valence electrons. The molecular weight excluding hydrogens is 368 g/mol. The fourth-order valence-corrected chi connectivity index (χ4v) is 3.88. The SMILES string of the molecule is CC(C)(C)c1ccc(CN2CCO[C@H](CN(CC(=O)O)S(C)(=O)=O)C2)cc1. The highest BCUT2D eigenvalue weighted by Gasteiger charge is 2.28. The van der Waals surface area contributed by atoms with Crippen LogP contribution in [0, 0.1) is 0 Å². The van der Waals surface area contributed by atoms with E-state index < -0.39 is 22.5 Å². The molecule has 0 aromatic heterocycles. The molecule has 2 rings (SSSR count). The molecule has 0 radical (unpaired) electrons. The molecule has 1 aromatic rings. The van der Waals surface area contributed by atoms with Gasteiger partial charge in [-0.15, -0.1) is 0 Å². The quantitative estimate of drug-likeness (QED) is 0.750. The number of carboxylic acids is 1. The molecule has 1 saturated heterocycles. The Morgan fingerprint density at radius 2 is 1.93 bits per heavy atom. The topological polar surface area (TPSA) is 87.2 Å². The van der Waals surface area contributed by atoms with Gasteiger partial charge in [0, 0.05) is 26.2 Å². The smallest absolute Gasteiger partial charge is 0.318 e. The Labute approximate surface area is 162 Å². The van der Waals surface area contributed by atoms with E-state index in [-0.39, 0.29) is 18.1 Å². The summed E-state index contributed by atoms with van der Waals surface area (Å²) >= 11 is 0. The number of carbonyl (C=O) groups is 1. The van der Waals surface area contributed by atoms with Crippen molar-refractivity contribution < 1.29 is 23.1 Å². The summed E-state index contributed by atoms with van der Waals surface area (Å²) in [6.07, 6.45) is 0.675. The van der Waals surface area contributed by atoms with Crippen LogP contribution in [0.3, 0.4) is 0 Å². The van der Waals surface area contributed by atoms with E-state index in [0.717, 1.165) is 23.7 Å². The van der Waals surface area contributed by atoms with Crippen LogP contribution in [-0.2, 0) is 31.5 Å². The molecule has 1 aromatic carbocycles. The van der Waals surface area contributed by atoms with Crippen LogP contribution in [0.4, 0.5) is 0 Å². The van der Waals surface area contributed by atoms with Gasteiger partial charge < -0.3 is 9.84 Å². The minimum Gasteiger partial charge on any atom is -0.480 e. The second-order valence-electron chi connectivity index (χ2n) is 8.12. The molecule has 1 aliphatic heterocycles. The molecule has 0 spiro atoms. The van der Waals surface area contributed by atoms with Crippen molar-refractivity contribution in [2.75, 3.05) is 39.0 Å². The molecule has 8 heteroatoms. The first-order chi connectivity index (χ1) is 12.4. The largest absolute Gasteiger partial charge is 0.480 e. The molecule has 1 heterocycles. The van der Waals surface area contributed by atoms with Gasteiger partial charge >= 0.3 is 5.97 Å².